The molecule has 2 aromatic rings. The Hall–Kier alpha value is -3.68. The number of benzene rings is 2. The summed E-state index contributed by atoms with van der Waals surface area (Å²) in [5.74, 6) is -1.40. The van der Waals surface area contributed by atoms with Crippen molar-refractivity contribution in [1.82, 2.24) is 4.90 Å². The lowest BCUT2D eigenvalue weighted by molar-refractivity contribution is -0.122. The number of anilines is 2. The van der Waals surface area contributed by atoms with Gasteiger partial charge < -0.3 is 16.0 Å². The minimum absolute atomic E-state index is 0.00352. The number of hydrogen-bond acceptors (Lipinski definition) is 5. The minimum atomic E-state index is -0.369. The van der Waals surface area contributed by atoms with Crippen LogP contribution in [0.4, 0.5) is 11.4 Å². The van der Waals surface area contributed by atoms with Gasteiger partial charge in [-0.05, 0) is 37.1 Å². The zero-order valence-corrected chi connectivity index (χ0v) is 17.0. The van der Waals surface area contributed by atoms with Crippen molar-refractivity contribution in [3.05, 3.63) is 59.7 Å². The first-order chi connectivity index (χ1) is 15.0. The van der Waals surface area contributed by atoms with Gasteiger partial charge in [0.25, 0.3) is 11.8 Å². The molecule has 0 unspecified atom stereocenters. The standard InChI is InChI=1S/C23H24N4O4/c24-21(29)15-9-12-26(13-10-15)19-8-4-3-7-18(19)25-20(28)11-14-27-22(30)16-5-1-2-6-17(16)23(27)31/h1-8,15H,9-14H2,(H2,24,29)(H,25,28). The topological polar surface area (TPSA) is 113 Å². The van der Waals surface area contributed by atoms with E-state index in [1.807, 2.05) is 24.3 Å². The Bertz CT molecular complexity index is 1010. The van der Waals surface area contributed by atoms with Crippen LogP contribution in [0.3, 0.4) is 0 Å². The zero-order chi connectivity index (χ0) is 22.0. The summed E-state index contributed by atoms with van der Waals surface area (Å²) in [5.41, 5.74) is 7.69. The van der Waals surface area contributed by atoms with Crippen LogP contribution in [0.25, 0.3) is 0 Å². The predicted molar refractivity (Wildman–Crippen MR) is 116 cm³/mol. The molecule has 1 saturated heterocycles. The predicted octanol–water partition coefficient (Wildman–Crippen LogP) is 2.01. The fourth-order valence-electron chi connectivity index (χ4n) is 4.13. The number of amides is 4. The van der Waals surface area contributed by atoms with E-state index in [9.17, 15) is 19.2 Å². The molecule has 0 atom stereocenters. The van der Waals surface area contributed by atoms with Crippen LogP contribution < -0.4 is 16.0 Å². The first kappa shape index (κ1) is 20.6. The summed E-state index contributed by atoms with van der Waals surface area (Å²) in [6.45, 7) is 1.37. The Morgan fingerprint density at radius 2 is 1.52 bits per heavy atom. The maximum absolute atomic E-state index is 12.6. The van der Waals surface area contributed by atoms with Crippen molar-refractivity contribution in [2.45, 2.75) is 19.3 Å². The molecular weight excluding hydrogens is 396 g/mol. The largest absolute Gasteiger partial charge is 0.370 e. The number of nitrogens with one attached hydrogen (secondary N) is 1. The number of hydrogen-bond donors (Lipinski definition) is 2. The van der Waals surface area contributed by atoms with E-state index in [0.29, 0.717) is 42.7 Å². The molecule has 4 rings (SSSR count). The second-order valence-corrected chi connectivity index (χ2v) is 7.79. The van der Waals surface area contributed by atoms with E-state index in [1.165, 1.54) is 0 Å². The second kappa shape index (κ2) is 8.59. The molecule has 8 nitrogen and oxygen atoms in total. The number of carbonyl (C=O) groups excluding carboxylic acids is 4. The molecule has 2 aromatic carbocycles. The monoisotopic (exact) mass is 420 g/mol. The van der Waals surface area contributed by atoms with Gasteiger partial charge in [-0.25, -0.2) is 0 Å². The van der Waals surface area contributed by atoms with E-state index < -0.39 is 0 Å². The Morgan fingerprint density at radius 3 is 2.13 bits per heavy atom. The van der Waals surface area contributed by atoms with Crippen LogP contribution in [0.1, 0.15) is 40.0 Å². The Kier molecular flexibility index (Phi) is 5.70. The maximum Gasteiger partial charge on any atom is 0.261 e. The lowest BCUT2D eigenvalue weighted by Crippen LogP contribution is -2.39. The van der Waals surface area contributed by atoms with Gasteiger partial charge in [-0.3, -0.25) is 24.1 Å². The third kappa shape index (κ3) is 4.14. The van der Waals surface area contributed by atoms with Crippen LogP contribution in [0.2, 0.25) is 0 Å². The summed E-state index contributed by atoms with van der Waals surface area (Å²) in [7, 11) is 0. The van der Waals surface area contributed by atoms with Crippen molar-refractivity contribution in [3.63, 3.8) is 0 Å². The summed E-state index contributed by atoms with van der Waals surface area (Å²) in [5, 5.41) is 2.90. The minimum Gasteiger partial charge on any atom is -0.370 e. The van der Waals surface area contributed by atoms with E-state index in [2.05, 4.69) is 10.2 Å². The smallest absolute Gasteiger partial charge is 0.261 e. The molecule has 160 valence electrons. The number of carbonyl (C=O) groups is 4. The third-order valence-corrected chi connectivity index (χ3v) is 5.86. The molecule has 0 aromatic heterocycles. The van der Waals surface area contributed by atoms with Gasteiger partial charge in [-0.2, -0.15) is 0 Å². The zero-order valence-electron chi connectivity index (χ0n) is 17.0. The fourth-order valence-corrected chi connectivity index (χ4v) is 4.13. The highest BCUT2D eigenvalue weighted by Crippen LogP contribution is 2.30. The maximum atomic E-state index is 12.6. The van der Waals surface area contributed by atoms with Gasteiger partial charge in [0.2, 0.25) is 11.8 Å². The number of fused-ring (bicyclic) bond motifs is 1. The third-order valence-electron chi connectivity index (χ3n) is 5.86. The molecule has 0 aliphatic carbocycles. The summed E-state index contributed by atoms with van der Waals surface area (Å²) in [4.78, 5) is 52.1. The molecule has 8 heteroatoms. The van der Waals surface area contributed by atoms with E-state index in [-0.39, 0.29) is 42.5 Å². The first-order valence-corrected chi connectivity index (χ1v) is 10.3. The molecule has 0 saturated carbocycles. The molecule has 0 bridgehead atoms. The van der Waals surface area contributed by atoms with Crippen LogP contribution in [-0.2, 0) is 9.59 Å². The summed E-state index contributed by atoms with van der Waals surface area (Å²) in [6, 6.07) is 14.1. The van der Waals surface area contributed by atoms with E-state index >= 15 is 0 Å². The molecule has 2 aliphatic rings. The van der Waals surface area contributed by atoms with Gasteiger partial charge in [0, 0.05) is 32.0 Å². The van der Waals surface area contributed by atoms with Crippen LogP contribution in [0.5, 0.6) is 0 Å². The van der Waals surface area contributed by atoms with Crippen molar-refractivity contribution in [3.8, 4) is 0 Å². The van der Waals surface area contributed by atoms with Crippen molar-refractivity contribution in [2.75, 3.05) is 29.9 Å². The molecule has 0 spiro atoms. The average Bonchev–Trinajstić information content (AvgIpc) is 3.03. The molecule has 2 heterocycles. The molecule has 2 aliphatic heterocycles. The van der Waals surface area contributed by atoms with Gasteiger partial charge in [0.1, 0.15) is 0 Å². The Balaban J connectivity index is 1.37. The van der Waals surface area contributed by atoms with Crippen LogP contribution in [0.15, 0.2) is 48.5 Å². The number of imide groups is 1. The van der Waals surface area contributed by atoms with Gasteiger partial charge >= 0.3 is 0 Å². The Morgan fingerprint density at radius 1 is 0.935 bits per heavy atom. The molecule has 3 N–H and O–H groups in total. The Labute approximate surface area is 180 Å². The number of nitrogens with zero attached hydrogens (tertiary/aromatic N) is 2. The highest BCUT2D eigenvalue weighted by Gasteiger charge is 2.35. The van der Waals surface area contributed by atoms with Gasteiger partial charge in [-0.15, -0.1) is 0 Å². The SMILES string of the molecule is NC(=O)C1CCN(c2ccccc2NC(=O)CCN2C(=O)c3ccccc3C2=O)CC1. The summed E-state index contributed by atoms with van der Waals surface area (Å²) < 4.78 is 0. The summed E-state index contributed by atoms with van der Waals surface area (Å²) in [6.07, 6.45) is 1.36. The lowest BCUT2D eigenvalue weighted by Gasteiger charge is -2.33. The molecule has 1 fully saturated rings. The van der Waals surface area contributed by atoms with Crippen molar-refractivity contribution >= 4 is 35.0 Å². The highest BCUT2D eigenvalue weighted by atomic mass is 16.2. The van der Waals surface area contributed by atoms with Crippen LogP contribution in [0, 0.1) is 5.92 Å². The van der Waals surface area contributed by atoms with Crippen molar-refractivity contribution < 1.29 is 19.2 Å². The van der Waals surface area contributed by atoms with Gasteiger partial charge in [0.15, 0.2) is 0 Å². The average molecular weight is 420 g/mol. The highest BCUT2D eigenvalue weighted by molar-refractivity contribution is 6.21. The van der Waals surface area contributed by atoms with E-state index in [1.54, 1.807) is 24.3 Å². The number of piperidine rings is 1. The van der Waals surface area contributed by atoms with Crippen molar-refractivity contribution in [2.24, 2.45) is 11.7 Å². The van der Waals surface area contributed by atoms with Crippen molar-refractivity contribution in [1.29, 1.82) is 0 Å². The summed E-state index contributed by atoms with van der Waals surface area (Å²) >= 11 is 0. The molecular formula is C23H24N4O4. The molecule has 31 heavy (non-hydrogen) atoms. The van der Waals surface area contributed by atoms with Crippen LogP contribution in [-0.4, -0.2) is 48.2 Å². The first-order valence-electron chi connectivity index (χ1n) is 10.3. The quantitative estimate of drug-likeness (QED) is 0.694. The van der Waals surface area contributed by atoms with Gasteiger partial charge in [0.05, 0.1) is 22.5 Å². The normalized spacial score (nSPS) is 16.4. The number of para-hydroxylation sites is 2. The van der Waals surface area contributed by atoms with E-state index in [4.69, 9.17) is 5.73 Å². The molecule has 0 radical (unpaired) electrons. The number of nitrogens with two attached hydrogens (primary N) is 1. The van der Waals surface area contributed by atoms with Crippen LogP contribution >= 0.6 is 0 Å². The number of rotatable bonds is 6. The second-order valence-electron chi connectivity index (χ2n) is 7.79. The van der Waals surface area contributed by atoms with Gasteiger partial charge in [-0.1, -0.05) is 24.3 Å². The lowest BCUT2D eigenvalue weighted by atomic mass is 9.96. The van der Waals surface area contributed by atoms with E-state index in [0.717, 1.165) is 10.6 Å². The molecule has 4 amide bonds. The number of primary amides is 1. The fraction of sp³-hybridized carbons (Fsp3) is 0.304.